The molecule has 1 aromatic carbocycles. The Hall–Kier alpha value is -2.78. The largest absolute Gasteiger partial charge is 0.476 e. The van der Waals surface area contributed by atoms with Crippen molar-refractivity contribution in [3.8, 4) is 0 Å². The second-order valence-corrected chi connectivity index (χ2v) is 11.8. The Morgan fingerprint density at radius 2 is 1.63 bits per heavy atom. The standard InChI is InChI=1S/C29H38N4O5/c34-11-12-38-31-27(29(36)37)26-28(35)33(25-10-2-1-9-24(25)30-26)23-16-20-7-4-8-21(17-23)32(20)22-14-18-5-3-6-19(13-18)15-22/h1-2,9-10,18-23,34H,3-8,11-17H2,(H,36,37)/t18?,19?,20-,21+,22?,23?. The fourth-order valence-electron chi connectivity index (χ4n) is 8.14. The van der Waals surface area contributed by atoms with Gasteiger partial charge >= 0.3 is 5.97 Å². The first-order chi connectivity index (χ1) is 18.5. The lowest BCUT2D eigenvalue weighted by molar-refractivity contribution is -0.129. The van der Waals surface area contributed by atoms with E-state index in [4.69, 9.17) is 9.94 Å². The average molecular weight is 523 g/mol. The summed E-state index contributed by atoms with van der Waals surface area (Å²) in [5, 5.41) is 22.5. The Morgan fingerprint density at radius 3 is 2.32 bits per heavy atom. The van der Waals surface area contributed by atoms with Gasteiger partial charge in [-0.25, -0.2) is 9.78 Å². The number of carboxylic acids is 1. The number of aliphatic hydroxyl groups excluding tert-OH is 1. The molecule has 4 bridgehead atoms. The maximum atomic E-state index is 13.9. The van der Waals surface area contributed by atoms with Crippen LogP contribution in [-0.4, -0.2) is 67.7 Å². The molecule has 4 fully saturated rings. The molecule has 3 heterocycles. The number of hydrogen-bond acceptors (Lipinski definition) is 7. The van der Waals surface area contributed by atoms with Crippen LogP contribution in [0.2, 0.25) is 0 Å². The quantitative estimate of drug-likeness (QED) is 0.323. The van der Waals surface area contributed by atoms with E-state index in [1.807, 2.05) is 18.2 Å². The minimum absolute atomic E-state index is 0.0304. The average Bonchev–Trinajstić information content (AvgIpc) is 2.90. The molecule has 9 heteroatoms. The van der Waals surface area contributed by atoms with Crippen molar-refractivity contribution in [2.45, 2.75) is 94.8 Å². The minimum Gasteiger partial charge on any atom is -0.476 e. The second kappa shape index (κ2) is 10.8. The highest BCUT2D eigenvalue weighted by molar-refractivity contribution is 6.41. The monoisotopic (exact) mass is 522 g/mol. The first-order valence-electron chi connectivity index (χ1n) is 14.4. The van der Waals surface area contributed by atoms with Crippen LogP contribution in [0.3, 0.4) is 0 Å². The molecule has 6 rings (SSSR count). The van der Waals surface area contributed by atoms with E-state index in [0.29, 0.717) is 23.6 Å². The van der Waals surface area contributed by atoms with Crippen molar-refractivity contribution in [1.29, 1.82) is 0 Å². The van der Waals surface area contributed by atoms with E-state index in [1.54, 1.807) is 10.6 Å². The van der Waals surface area contributed by atoms with Gasteiger partial charge in [0.1, 0.15) is 6.61 Å². The molecule has 0 radical (unpaired) electrons. The van der Waals surface area contributed by atoms with Crippen molar-refractivity contribution in [2.24, 2.45) is 17.0 Å². The summed E-state index contributed by atoms with van der Waals surface area (Å²) in [4.78, 5) is 38.2. The first kappa shape index (κ1) is 25.5. The van der Waals surface area contributed by atoms with Crippen molar-refractivity contribution in [3.63, 3.8) is 0 Å². The molecular formula is C29H38N4O5. The Labute approximate surface area is 222 Å². The third kappa shape index (κ3) is 4.75. The normalized spacial score (nSPS) is 31.8. The summed E-state index contributed by atoms with van der Waals surface area (Å²) in [5.74, 6) is 0.369. The predicted molar refractivity (Wildman–Crippen MR) is 143 cm³/mol. The lowest BCUT2D eigenvalue weighted by Crippen LogP contribution is -2.58. The van der Waals surface area contributed by atoms with Crippen LogP contribution in [0, 0.1) is 11.8 Å². The number of oxime groups is 1. The highest BCUT2D eigenvalue weighted by atomic mass is 16.6. The van der Waals surface area contributed by atoms with E-state index < -0.39 is 17.2 Å². The van der Waals surface area contributed by atoms with Gasteiger partial charge in [0.2, 0.25) is 5.71 Å². The SMILES string of the molecule is O=C(O)C(=NOCCO)c1nc2ccccc2n(C2C[C@H]3CCC[C@@H](C2)N3C2CC3CCCC(C3)C2)c1=O. The maximum absolute atomic E-state index is 13.9. The van der Waals surface area contributed by atoms with Gasteiger partial charge in [-0.1, -0.05) is 43.0 Å². The molecule has 2 aliphatic heterocycles. The van der Waals surface area contributed by atoms with Gasteiger partial charge in [-0.2, -0.15) is 0 Å². The Balaban J connectivity index is 1.36. The van der Waals surface area contributed by atoms with Crippen molar-refractivity contribution in [2.75, 3.05) is 13.2 Å². The minimum atomic E-state index is -1.39. The molecule has 1 aromatic heterocycles. The number of benzene rings is 1. The van der Waals surface area contributed by atoms with E-state index in [1.165, 1.54) is 44.9 Å². The van der Waals surface area contributed by atoms with Crippen LogP contribution in [0.4, 0.5) is 0 Å². The van der Waals surface area contributed by atoms with Crippen molar-refractivity contribution in [3.05, 3.63) is 40.3 Å². The molecule has 5 atom stereocenters. The lowest BCUT2D eigenvalue weighted by atomic mass is 9.68. The number of hydrogen-bond donors (Lipinski definition) is 2. The number of aliphatic carboxylic acids is 1. The van der Waals surface area contributed by atoms with E-state index in [9.17, 15) is 14.7 Å². The molecule has 2 aliphatic carbocycles. The molecule has 0 spiro atoms. The van der Waals surface area contributed by atoms with Crippen LogP contribution in [0.1, 0.15) is 82.4 Å². The van der Waals surface area contributed by atoms with E-state index in [-0.39, 0.29) is 24.9 Å². The molecule has 2 saturated carbocycles. The number of fused-ring (bicyclic) bond motifs is 5. The lowest BCUT2D eigenvalue weighted by Gasteiger charge is -2.55. The van der Waals surface area contributed by atoms with Gasteiger partial charge in [0, 0.05) is 24.2 Å². The molecule has 2 saturated heterocycles. The van der Waals surface area contributed by atoms with E-state index in [2.05, 4.69) is 15.0 Å². The molecule has 204 valence electrons. The zero-order chi connectivity index (χ0) is 26.2. The van der Waals surface area contributed by atoms with Crippen LogP contribution < -0.4 is 5.56 Å². The molecule has 2 aromatic rings. The number of nitrogens with zero attached hydrogens (tertiary/aromatic N) is 4. The summed E-state index contributed by atoms with van der Waals surface area (Å²) in [7, 11) is 0. The second-order valence-electron chi connectivity index (χ2n) is 11.8. The number of carbonyl (C=O) groups is 1. The molecule has 3 unspecified atom stereocenters. The number of carboxylic acid groups (broad SMARTS) is 1. The molecule has 38 heavy (non-hydrogen) atoms. The molecule has 9 nitrogen and oxygen atoms in total. The topological polar surface area (TPSA) is 117 Å². The van der Waals surface area contributed by atoms with Gasteiger partial charge in [-0.05, 0) is 68.9 Å². The molecule has 2 N–H and O–H groups in total. The Bertz CT molecular complexity index is 1250. The summed E-state index contributed by atoms with van der Waals surface area (Å²) in [6, 6.07) is 8.96. The zero-order valence-corrected chi connectivity index (χ0v) is 21.9. The molecule has 0 amide bonds. The number of aromatic nitrogens is 2. The van der Waals surface area contributed by atoms with Crippen LogP contribution in [0.15, 0.2) is 34.2 Å². The third-order valence-electron chi connectivity index (χ3n) is 9.46. The summed E-state index contributed by atoms with van der Waals surface area (Å²) in [6.07, 6.45) is 13.5. The van der Waals surface area contributed by atoms with Gasteiger partial charge in [0.15, 0.2) is 5.69 Å². The number of piperidine rings is 2. The summed E-state index contributed by atoms with van der Waals surface area (Å²) in [6.45, 7) is -0.473. The summed E-state index contributed by atoms with van der Waals surface area (Å²) < 4.78 is 1.79. The number of rotatable bonds is 7. The zero-order valence-electron chi connectivity index (χ0n) is 21.9. The van der Waals surface area contributed by atoms with Gasteiger partial charge in [-0.3, -0.25) is 9.69 Å². The van der Waals surface area contributed by atoms with E-state index in [0.717, 1.165) is 43.0 Å². The van der Waals surface area contributed by atoms with Crippen LogP contribution in [0.25, 0.3) is 11.0 Å². The number of aliphatic hydroxyl groups is 1. The van der Waals surface area contributed by atoms with Gasteiger partial charge in [0.25, 0.3) is 5.56 Å². The molecular weight excluding hydrogens is 484 g/mol. The van der Waals surface area contributed by atoms with Gasteiger partial charge in [-0.15, -0.1) is 0 Å². The number of para-hydroxylation sites is 2. The highest BCUT2D eigenvalue weighted by Crippen LogP contribution is 2.47. The van der Waals surface area contributed by atoms with Crippen LogP contribution >= 0.6 is 0 Å². The molecule has 4 aliphatic rings. The Kier molecular flexibility index (Phi) is 7.22. The van der Waals surface area contributed by atoms with Crippen molar-refractivity contribution < 1.29 is 19.8 Å². The van der Waals surface area contributed by atoms with Crippen LogP contribution in [-0.2, 0) is 9.63 Å². The van der Waals surface area contributed by atoms with Crippen molar-refractivity contribution >= 4 is 22.7 Å². The van der Waals surface area contributed by atoms with Crippen molar-refractivity contribution in [1.82, 2.24) is 14.5 Å². The summed E-state index contributed by atoms with van der Waals surface area (Å²) in [5.41, 5.74) is 0.0919. The van der Waals surface area contributed by atoms with Gasteiger partial charge < -0.3 is 19.6 Å². The van der Waals surface area contributed by atoms with Gasteiger partial charge in [0.05, 0.1) is 17.6 Å². The predicted octanol–water partition coefficient (Wildman–Crippen LogP) is 3.72. The smallest absolute Gasteiger partial charge is 0.360 e. The third-order valence-corrected chi connectivity index (χ3v) is 9.46. The fourth-order valence-corrected chi connectivity index (χ4v) is 8.14. The fraction of sp³-hybridized carbons (Fsp3) is 0.655. The van der Waals surface area contributed by atoms with E-state index >= 15 is 0 Å². The van der Waals surface area contributed by atoms with Crippen LogP contribution in [0.5, 0.6) is 0 Å². The summed E-state index contributed by atoms with van der Waals surface area (Å²) >= 11 is 0. The first-order valence-corrected chi connectivity index (χ1v) is 14.4. The Morgan fingerprint density at radius 1 is 0.947 bits per heavy atom. The maximum Gasteiger partial charge on any atom is 0.360 e. The highest BCUT2D eigenvalue weighted by Gasteiger charge is 2.45.